The molecule has 1 amide bonds. The SMILES string of the molecule is N#Cc1c2n(c(=O)n(CC(=O)NCCOc3ccc(Cl)cc3)c1=O)CCC2. The minimum atomic E-state index is -0.719. The van der Waals surface area contributed by atoms with Gasteiger partial charge in [-0.1, -0.05) is 11.6 Å². The van der Waals surface area contributed by atoms with Crippen molar-refractivity contribution in [3.05, 3.63) is 61.4 Å². The largest absolute Gasteiger partial charge is 0.492 e. The average molecular weight is 389 g/mol. The summed E-state index contributed by atoms with van der Waals surface area (Å²) in [5, 5.41) is 12.4. The van der Waals surface area contributed by atoms with Gasteiger partial charge in [-0.15, -0.1) is 0 Å². The molecule has 1 aromatic carbocycles. The third-order valence-electron chi connectivity index (χ3n) is 4.25. The summed E-state index contributed by atoms with van der Waals surface area (Å²) in [6, 6.07) is 8.65. The van der Waals surface area contributed by atoms with Crippen LogP contribution in [0, 0.1) is 11.3 Å². The summed E-state index contributed by atoms with van der Waals surface area (Å²) in [5.41, 5.74) is -0.881. The number of halogens is 1. The molecule has 8 nitrogen and oxygen atoms in total. The molecule has 1 aliphatic rings. The molecule has 9 heteroatoms. The topological polar surface area (TPSA) is 106 Å². The summed E-state index contributed by atoms with van der Waals surface area (Å²) < 4.78 is 7.66. The van der Waals surface area contributed by atoms with Crippen molar-refractivity contribution in [1.29, 1.82) is 5.26 Å². The molecule has 0 unspecified atom stereocenters. The highest BCUT2D eigenvalue weighted by Gasteiger charge is 2.23. The van der Waals surface area contributed by atoms with Gasteiger partial charge < -0.3 is 10.1 Å². The van der Waals surface area contributed by atoms with Gasteiger partial charge in [0, 0.05) is 17.3 Å². The average Bonchev–Trinajstić information content (AvgIpc) is 3.14. The summed E-state index contributed by atoms with van der Waals surface area (Å²) in [4.78, 5) is 36.9. The third-order valence-corrected chi connectivity index (χ3v) is 4.50. The Morgan fingerprint density at radius 2 is 2.04 bits per heavy atom. The zero-order valence-corrected chi connectivity index (χ0v) is 15.2. The highest BCUT2D eigenvalue weighted by atomic mass is 35.5. The molecule has 3 rings (SSSR count). The quantitative estimate of drug-likeness (QED) is 0.732. The zero-order valence-electron chi connectivity index (χ0n) is 14.4. The lowest BCUT2D eigenvalue weighted by Gasteiger charge is -2.11. The lowest BCUT2D eigenvalue weighted by Crippen LogP contribution is -2.45. The predicted octanol–water partition coefficient (Wildman–Crippen LogP) is 0.676. The number of nitrogens with zero attached hydrogens (tertiary/aromatic N) is 3. The molecule has 2 heterocycles. The van der Waals surface area contributed by atoms with Crippen molar-refractivity contribution in [3.63, 3.8) is 0 Å². The lowest BCUT2D eigenvalue weighted by molar-refractivity contribution is -0.121. The molecule has 0 spiro atoms. The molecule has 0 radical (unpaired) electrons. The van der Waals surface area contributed by atoms with E-state index < -0.39 is 23.7 Å². The van der Waals surface area contributed by atoms with Gasteiger partial charge >= 0.3 is 5.69 Å². The number of hydrogen-bond donors (Lipinski definition) is 1. The third kappa shape index (κ3) is 4.04. The van der Waals surface area contributed by atoms with Gasteiger partial charge in [0.05, 0.1) is 6.54 Å². The lowest BCUT2D eigenvalue weighted by atomic mass is 10.2. The minimum absolute atomic E-state index is 0.0639. The Labute approximate surface area is 159 Å². The van der Waals surface area contributed by atoms with Crippen molar-refractivity contribution in [2.75, 3.05) is 13.2 Å². The molecule has 0 saturated carbocycles. The summed E-state index contributed by atoms with van der Waals surface area (Å²) in [6.07, 6.45) is 1.21. The molecule has 140 valence electrons. The Balaban J connectivity index is 1.61. The fourth-order valence-electron chi connectivity index (χ4n) is 2.98. The van der Waals surface area contributed by atoms with E-state index in [0.717, 1.165) is 4.57 Å². The minimum Gasteiger partial charge on any atom is -0.492 e. The number of carbonyl (C=O) groups is 1. The number of carbonyl (C=O) groups excluding carboxylic acids is 1. The Kier molecular flexibility index (Phi) is 5.62. The highest BCUT2D eigenvalue weighted by molar-refractivity contribution is 6.30. The van der Waals surface area contributed by atoms with E-state index in [1.54, 1.807) is 24.3 Å². The number of amides is 1. The van der Waals surface area contributed by atoms with Gasteiger partial charge in [0.25, 0.3) is 5.56 Å². The number of aromatic nitrogens is 2. The zero-order chi connectivity index (χ0) is 19.4. The Morgan fingerprint density at radius 3 is 2.74 bits per heavy atom. The molecule has 0 aliphatic carbocycles. The molecule has 0 atom stereocenters. The second-order valence-corrected chi connectivity index (χ2v) is 6.45. The van der Waals surface area contributed by atoms with Crippen LogP contribution in [0.4, 0.5) is 0 Å². The summed E-state index contributed by atoms with van der Waals surface area (Å²) in [5.74, 6) is 0.108. The second-order valence-electron chi connectivity index (χ2n) is 6.01. The van der Waals surface area contributed by atoms with E-state index >= 15 is 0 Å². The van der Waals surface area contributed by atoms with Gasteiger partial charge in [0.2, 0.25) is 5.91 Å². The van der Waals surface area contributed by atoms with E-state index in [1.165, 1.54) is 4.57 Å². The maximum atomic E-state index is 12.4. The van der Waals surface area contributed by atoms with Gasteiger partial charge in [0.15, 0.2) is 0 Å². The highest BCUT2D eigenvalue weighted by Crippen LogP contribution is 2.15. The molecule has 1 aliphatic heterocycles. The molecule has 1 aromatic heterocycles. The van der Waals surface area contributed by atoms with Crippen molar-refractivity contribution in [2.24, 2.45) is 0 Å². The van der Waals surface area contributed by atoms with Gasteiger partial charge in [0.1, 0.15) is 30.5 Å². The van der Waals surface area contributed by atoms with Crippen LogP contribution in [-0.2, 0) is 24.3 Å². The van der Waals surface area contributed by atoms with E-state index in [1.807, 2.05) is 6.07 Å². The monoisotopic (exact) mass is 388 g/mol. The van der Waals surface area contributed by atoms with E-state index in [0.29, 0.717) is 35.9 Å². The summed E-state index contributed by atoms with van der Waals surface area (Å²) >= 11 is 5.79. The first-order valence-corrected chi connectivity index (χ1v) is 8.80. The number of nitrogens with one attached hydrogen (secondary N) is 1. The molecule has 0 fully saturated rings. The Morgan fingerprint density at radius 1 is 1.30 bits per heavy atom. The van der Waals surface area contributed by atoms with Gasteiger partial charge in [-0.25, -0.2) is 9.36 Å². The van der Waals surface area contributed by atoms with Crippen LogP contribution in [0.25, 0.3) is 0 Å². The molecule has 0 saturated heterocycles. The first-order chi connectivity index (χ1) is 13.0. The van der Waals surface area contributed by atoms with E-state index in [-0.39, 0.29) is 18.7 Å². The van der Waals surface area contributed by atoms with Crippen LogP contribution >= 0.6 is 11.6 Å². The number of ether oxygens (including phenoxy) is 1. The van der Waals surface area contributed by atoms with Crippen LogP contribution in [0.15, 0.2) is 33.9 Å². The predicted molar refractivity (Wildman–Crippen MR) is 98.0 cm³/mol. The Hall–Kier alpha value is -3.05. The van der Waals surface area contributed by atoms with Crippen molar-refractivity contribution in [1.82, 2.24) is 14.5 Å². The van der Waals surface area contributed by atoms with Crippen molar-refractivity contribution in [3.8, 4) is 11.8 Å². The van der Waals surface area contributed by atoms with Crippen LogP contribution in [0.3, 0.4) is 0 Å². The fourth-order valence-corrected chi connectivity index (χ4v) is 3.10. The first-order valence-electron chi connectivity index (χ1n) is 8.43. The number of nitriles is 1. The number of fused-ring (bicyclic) bond motifs is 1. The second kappa shape index (κ2) is 8.10. The number of hydrogen-bond acceptors (Lipinski definition) is 5. The van der Waals surface area contributed by atoms with Crippen LogP contribution in [0.1, 0.15) is 17.7 Å². The molecule has 0 bridgehead atoms. The molecular formula is C18H17ClN4O4. The molecule has 2 aromatic rings. The van der Waals surface area contributed by atoms with Gasteiger partial charge in [-0.2, -0.15) is 5.26 Å². The van der Waals surface area contributed by atoms with Crippen LogP contribution in [0.5, 0.6) is 5.75 Å². The molecule has 1 N–H and O–H groups in total. The van der Waals surface area contributed by atoms with E-state index in [4.69, 9.17) is 16.3 Å². The summed E-state index contributed by atoms with van der Waals surface area (Å²) in [7, 11) is 0. The van der Waals surface area contributed by atoms with E-state index in [9.17, 15) is 19.6 Å². The van der Waals surface area contributed by atoms with Crippen molar-refractivity contribution >= 4 is 17.5 Å². The smallest absolute Gasteiger partial charge is 0.331 e. The van der Waals surface area contributed by atoms with Gasteiger partial charge in [-0.3, -0.25) is 14.2 Å². The molecule has 27 heavy (non-hydrogen) atoms. The summed E-state index contributed by atoms with van der Waals surface area (Å²) in [6.45, 7) is 0.426. The first kappa shape index (κ1) is 18.7. The van der Waals surface area contributed by atoms with E-state index in [2.05, 4.69) is 5.32 Å². The molecular weight excluding hydrogens is 372 g/mol. The van der Waals surface area contributed by atoms with Crippen LogP contribution in [-0.4, -0.2) is 28.2 Å². The van der Waals surface area contributed by atoms with Crippen molar-refractivity contribution in [2.45, 2.75) is 25.9 Å². The Bertz CT molecular complexity index is 1020. The van der Waals surface area contributed by atoms with Crippen LogP contribution < -0.4 is 21.3 Å². The normalized spacial score (nSPS) is 12.3. The standard InChI is InChI=1S/C18H17ClN4O4/c19-12-3-5-13(6-4-12)27-9-7-21-16(24)11-23-17(25)14(10-20)15-2-1-8-22(15)18(23)26/h3-6H,1-2,7-9,11H2,(H,21,24). The maximum Gasteiger partial charge on any atom is 0.331 e. The fraction of sp³-hybridized carbons (Fsp3) is 0.333. The number of benzene rings is 1. The van der Waals surface area contributed by atoms with Gasteiger partial charge in [-0.05, 0) is 37.1 Å². The maximum absolute atomic E-state index is 12.4. The van der Waals surface area contributed by atoms with Crippen LogP contribution in [0.2, 0.25) is 5.02 Å². The number of rotatable bonds is 6. The van der Waals surface area contributed by atoms with Crippen molar-refractivity contribution < 1.29 is 9.53 Å².